The van der Waals surface area contributed by atoms with Crippen LogP contribution in [0.1, 0.15) is 296 Å². The van der Waals surface area contributed by atoms with Gasteiger partial charge in [0.15, 0.2) is 6.10 Å². The summed E-state index contributed by atoms with van der Waals surface area (Å²) in [6.07, 6.45) is 92.2. The molecule has 1 N–H and O–H groups in total. The van der Waals surface area contributed by atoms with Crippen molar-refractivity contribution < 1.29 is 24.2 Å². The van der Waals surface area contributed by atoms with Gasteiger partial charge in [0, 0.05) is 12.8 Å². The number of aliphatic hydroxyl groups is 1. The van der Waals surface area contributed by atoms with Gasteiger partial charge in [-0.2, -0.15) is 0 Å². The molecule has 1 atom stereocenters. The molecule has 0 aromatic carbocycles. The molecule has 0 saturated carbocycles. The molecule has 0 aromatic rings. The lowest BCUT2D eigenvalue weighted by Gasteiger charge is -2.15. The Balaban J connectivity index is 3.50. The van der Waals surface area contributed by atoms with Crippen LogP contribution in [0.15, 0.2) is 109 Å². The topological polar surface area (TPSA) is 72.8 Å². The van der Waals surface area contributed by atoms with Crippen molar-refractivity contribution >= 4 is 11.9 Å². The van der Waals surface area contributed by atoms with Crippen molar-refractivity contribution in [3.8, 4) is 0 Å². The van der Waals surface area contributed by atoms with E-state index in [1.165, 1.54) is 180 Å². The van der Waals surface area contributed by atoms with E-state index in [0.717, 1.165) is 89.9 Å². The van der Waals surface area contributed by atoms with Gasteiger partial charge in [-0.15, -0.1) is 0 Å². The molecule has 424 valence electrons. The van der Waals surface area contributed by atoms with Crippen LogP contribution in [0.5, 0.6) is 0 Å². The van der Waals surface area contributed by atoms with Crippen LogP contribution in [0, 0.1) is 0 Å². The first-order valence-electron chi connectivity index (χ1n) is 31.4. The molecule has 0 saturated heterocycles. The summed E-state index contributed by atoms with van der Waals surface area (Å²) in [7, 11) is 0. The first-order chi connectivity index (χ1) is 36.6. The summed E-state index contributed by atoms with van der Waals surface area (Å²) in [5.41, 5.74) is 0. The molecule has 0 fully saturated rings. The second-order valence-corrected chi connectivity index (χ2v) is 20.8. The molecule has 0 heterocycles. The minimum Gasteiger partial charge on any atom is -0.462 e. The molecule has 5 heteroatoms. The first kappa shape index (κ1) is 70.6. The van der Waals surface area contributed by atoms with Crippen molar-refractivity contribution in [2.75, 3.05) is 13.2 Å². The summed E-state index contributed by atoms with van der Waals surface area (Å²) >= 11 is 0. The predicted molar refractivity (Wildman–Crippen MR) is 325 cm³/mol. The maximum atomic E-state index is 12.3. The number of esters is 2. The number of hydrogen-bond acceptors (Lipinski definition) is 5. The Labute approximate surface area is 459 Å². The largest absolute Gasteiger partial charge is 0.462 e. The minimum absolute atomic E-state index is 0.0701. The number of aliphatic hydroxyl groups excluding tert-OH is 1. The van der Waals surface area contributed by atoms with E-state index in [1.807, 2.05) is 0 Å². The molecule has 0 radical (unpaired) electrons. The molecule has 0 spiro atoms. The van der Waals surface area contributed by atoms with Crippen molar-refractivity contribution in [2.45, 2.75) is 302 Å². The van der Waals surface area contributed by atoms with Crippen LogP contribution in [0.2, 0.25) is 0 Å². The number of hydrogen-bond donors (Lipinski definition) is 1. The van der Waals surface area contributed by atoms with Gasteiger partial charge in [0.25, 0.3) is 0 Å². The lowest BCUT2D eigenvalue weighted by atomic mass is 10.0. The summed E-state index contributed by atoms with van der Waals surface area (Å²) in [4.78, 5) is 24.6. The highest BCUT2D eigenvalue weighted by atomic mass is 16.6. The summed E-state index contributed by atoms with van der Waals surface area (Å²) in [5.74, 6) is -0.589. The third-order valence-corrected chi connectivity index (χ3v) is 13.6. The quantitative estimate of drug-likeness (QED) is 0.0373. The third kappa shape index (κ3) is 61.1. The zero-order valence-electron chi connectivity index (χ0n) is 48.6. The second-order valence-electron chi connectivity index (χ2n) is 20.8. The van der Waals surface area contributed by atoms with Crippen molar-refractivity contribution in [3.05, 3.63) is 109 Å². The van der Waals surface area contributed by atoms with E-state index in [0.29, 0.717) is 12.8 Å². The first-order valence-corrected chi connectivity index (χ1v) is 31.4. The van der Waals surface area contributed by atoms with E-state index in [1.54, 1.807) is 0 Å². The Morgan fingerprint density at radius 1 is 0.324 bits per heavy atom. The molecule has 0 aliphatic carbocycles. The maximum Gasteiger partial charge on any atom is 0.306 e. The van der Waals surface area contributed by atoms with Gasteiger partial charge in [-0.3, -0.25) is 9.59 Å². The summed E-state index contributed by atoms with van der Waals surface area (Å²) in [6.45, 7) is 4.03. The smallest absolute Gasteiger partial charge is 0.306 e. The van der Waals surface area contributed by atoms with E-state index in [9.17, 15) is 14.7 Å². The number of allylic oxidation sites excluding steroid dienone is 18. The molecule has 0 rings (SSSR count). The highest BCUT2D eigenvalue weighted by Crippen LogP contribution is 2.16. The van der Waals surface area contributed by atoms with Gasteiger partial charge in [0.1, 0.15) is 6.61 Å². The van der Waals surface area contributed by atoms with Gasteiger partial charge < -0.3 is 14.6 Å². The molecule has 0 bridgehead atoms. The highest BCUT2D eigenvalue weighted by Gasteiger charge is 2.16. The second kappa shape index (κ2) is 63.8. The number of rotatable bonds is 57. The van der Waals surface area contributed by atoms with Crippen molar-refractivity contribution in [3.63, 3.8) is 0 Å². The van der Waals surface area contributed by atoms with Gasteiger partial charge in [-0.1, -0.05) is 290 Å². The molecular formula is C69H118O5. The van der Waals surface area contributed by atoms with E-state index >= 15 is 0 Å². The lowest BCUT2D eigenvalue weighted by molar-refractivity contribution is -0.161. The van der Waals surface area contributed by atoms with Crippen LogP contribution in [0.25, 0.3) is 0 Å². The van der Waals surface area contributed by atoms with Crippen LogP contribution in [-0.4, -0.2) is 36.4 Å². The fourth-order valence-corrected chi connectivity index (χ4v) is 8.86. The Kier molecular flexibility index (Phi) is 60.9. The summed E-state index contributed by atoms with van der Waals surface area (Å²) < 4.78 is 10.7. The van der Waals surface area contributed by atoms with Crippen LogP contribution in [0.3, 0.4) is 0 Å². The van der Waals surface area contributed by atoms with Crippen LogP contribution < -0.4 is 0 Å². The van der Waals surface area contributed by atoms with E-state index in [2.05, 4.69) is 123 Å². The normalized spacial score (nSPS) is 13.0. The third-order valence-electron chi connectivity index (χ3n) is 13.6. The molecular weight excluding hydrogens is 909 g/mol. The van der Waals surface area contributed by atoms with Gasteiger partial charge >= 0.3 is 11.9 Å². The lowest BCUT2D eigenvalue weighted by Crippen LogP contribution is -2.28. The van der Waals surface area contributed by atoms with Gasteiger partial charge in [-0.05, 0) is 103 Å². The molecule has 5 nitrogen and oxygen atoms in total. The average molecular weight is 1030 g/mol. The van der Waals surface area contributed by atoms with Crippen molar-refractivity contribution in [1.82, 2.24) is 0 Å². The number of carbonyl (C=O) groups is 2. The fourth-order valence-electron chi connectivity index (χ4n) is 8.86. The monoisotopic (exact) mass is 1030 g/mol. The standard InChI is InChI=1S/C69H118O5/c1-3-5-7-9-11-13-15-17-19-21-23-25-27-29-31-33-34-36-38-40-42-44-46-48-50-52-54-56-58-60-62-64-69(72)74-67(65-70)66-73-68(71)63-61-59-57-55-53-51-49-47-45-43-41-39-37-35-32-30-28-26-24-22-20-18-16-14-12-10-8-6-4-2/h5,7,11,13,16-19,22-25,28-31,34,36,67,70H,3-4,6,8-10,12,14-15,20-21,26-27,32-33,35,37-66H2,1-2H3/b7-5-,13-11-,18-16-,19-17-,24-22-,25-23-,30-28-,31-29-,36-34-. The molecule has 0 aromatic heterocycles. The Hall–Kier alpha value is -3.44. The molecule has 0 aliphatic rings. The zero-order valence-corrected chi connectivity index (χ0v) is 48.6. The Bertz CT molecular complexity index is 1440. The van der Waals surface area contributed by atoms with Crippen LogP contribution in [-0.2, 0) is 19.1 Å². The predicted octanol–water partition coefficient (Wildman–Crippen LogP) is 21.6. The zero-order chi connectivity index (χ0) is 53.4. The van der Waals surface area contributed by atoms with Gasteiger partial charge in [0.2, 0.25) is 0 Å². The van der Waals surface area contributed by atoms with Gasteiger partial charge in [0.05, 0.1) is 6.61 Å². The maximum absolute atomic E-state index is 12.3. The van der Waals surface area contributed by atoms with E-state index in [-0.39, 0.29) is 25.2 Å². The minimum atomic E-state index is -0.781. The molecule has 0 amide bonds. The molecule has 1 unspecified atom stereocenters. The van der Waals surface area contributed by atoms with Crippen molar-refractivity contribution in [1.29, 1.82) is 0 Å². The number of carbonyl (C=O) groups excluding carboxylic acids is 2. The Morgan fingerprint density at radius 3 is 0.878 bits per heavy atom. The Morgan fingerprint density at radius 2 is 0.581 bits per heavy atom. The molecule has 74 heavy (non-hydrogen) atoms. The van der Waals surface area contributed by atoms with E-state index < -0.39 is 6.10 Å². The van der Waals surface area contributed by atoms with Crippen LogP contribution >= 0.6 is 0 Å². The summed E-state index contributed by atoms with van der Waals surface area (Å²) in [6, 6.07) is 0. The van der Waals surface area contributed by atoms with Crippen LogP contribution in [0.4, 0.5) is 0 Å². The van der Waals surface area contributed by atoms with Gasteiger partial charge in [-0.25, -0.2) is 0 Å². The average Bonchev–Trinajstić information content (AvgIpc) is 3.40. The highest BCUT2D eigenvalue weighted by molar-refractivity contribution is 5.70. The van der Waals surface area contributed by atoms with Crippen molar-refractivity contribution in [2.24, 2.45) is 0 Å². The van der Waals surface area contributed by atoms with E-state index in [4.69, 9.17) is 9.47 Å². The number of unbranched alkanes of at least 4 members (excludes halogenated alkanes) is 31. The fraction of sp³-hybridized carbons (Fsp3) is 0.710. The summed E-state index contributed by atoms with van der Waals surface area (Å²) in [5, 5.41) is 9.68. The SMILES string of the molecule is CC/C=C\C/C=C\C/C=C\C/C=C\C/C=C\C/C=C\CCCCCCCCCCCCCCC(=O)OC(CO)COC(=O)CCCCCCCCCCCCCCCC/C=C\C/C=C\C/C=C\CCCCCCC. The molecule has 0 aliphatic heterocycles. The number of ether oxygens (including phenoxy) is 2.